The quantitative estimate of drug-likeness (QED) is 0.655. The number of hydrogen-bond acceptors (Lipinski definition) is 3. The zero-order valence-corrected chi connectivity index (χ0v) is 12.9. The molecule has 7 heteroatoms. The highest BCUT2D eigenvalue weighted by Crippen LogP contribution is 2.10. The number of guanidine groups is 1. The van der Waals surface area contributed by atoms with Crippen molar-refractivity contribution in [2.24, 2.45) is 4.99 Å². The maximum atomic E-state index is 13.6. The van der Waals surface area contributed by atoms with Gasteiger partial charge in [0, 0.05) is 38.0 Å². The second kappa shape index (κ2) is 8.07. The summed E-state index contributed by atoms with van der Waals surface area (Å²) in [6, 6.07) is 6.99. The lowest BCUT2D eigenvalue weighted by molar-refractivity contribution is 0.397. The average Bonchev–Trinajstić information content (AvgIpc) is 2.58. The van der Waals surface area contributed by atoms with Crippen molar-refractivity contribution in [1.82, 2.24) is 15.6 Å². The van der Waals surface area contributed by atoms with E-state index in [9.17, 15) is 8.78 Å². The SMILES string of the molecule is CN=C(NCc1ccnc(OC)c1)NCc1cc(F)ccc1F. The summed E-state index contributed by atoms with van der Waals surface area (Å²) in [5.41, 5.74) is 1.19. The van der Waals surface area contributed by atoms with E-state index >= 15 is 0 Å². The summed E-state index contributed by atoms with van der Waals surface area (Å²) in [5, 5.41) is 6.02. The van der Waals surface area contributed by atoms with Gasteiger partial charge in [0.15, 0.2) is 5.96 Å². The van der Waals surface area contributed by atoms with Gasteiger partial charge in [-0.3, -0.25) is 4.99 Å². The molecule has 122 valence electrons. The fraction of sp³-hybridized carbons (Fsp3) is 0.250. The summed E-state index contributed by atoms with van der Waals surface area (Å²) in [6.45, 7) is 0.618. The molecular formula is C16H18F2N4O. The number of benzene rings is 1. The van der Waals surface area contributed by atoms with Gasteiger partial charge in [0.05, 0.1) is 7.11 Å². The van der Waals surface area contributed by atoms with Crippen LogP contribution in [0.2, 0.25) is 0 Å². The number of aromatic nitrogens is 1. The van der Waals surface area contributed by atoms with Gasteiger partial charge in [-0.05, 0) is 29.8 Å². The van der Waals surface area contributed by atoms with E-state index in [1.807, 2.05) is 6.07 Å². The second-order valence-electron chi connectivity index (χ2n) is 4.72. The van der Waals surface area contributed by atoms with E-state index in [0.717, 1.165) is 23.8 Å². The molecule has 2 rings (SSSR count). The molecule has 0 saturated heterocycles. The first-order valence-electron chi connectivity index (χ1n) is 6.99. The molecule has 2 N–H and O–H groups in total. The Morgan fingerprint density at radius 3 is 2.70 bits per heavy atom. The van der Waals surface area contributed by atoms with E-state index in [2.05, 4.69) is 20.6 Å². The molecule has 23 heavy (non-hydrogen) atoms. The van der Waals surface area contributed by atoms with E-state index in [1.54, 1.807) is 26.4 Å². The van der Waals surface area contributed by atoms with Crippen LogP contribution in [0.4, 0.5) is 8.78 Å². The lowest BCUT2D eigenvalue weighted by Gasteiger charge is -2.12. The molecule has 1 heterocycles. The van der Waals surface area contributed by atoms with Crippen LogP contribution < -0.4 is 15.4 Å². The van der Waals surface area contributed by atoms with E-state index in [1.165, 1.54) is 0 Å². The van der Waals surface area contributed by atoms with Crippen LogP contribution in [0.15, 0.2) is 41.5 Å². The van der Waals surface area contributed by atoms with Crippen LogP contribution in [0.3, 0.4) is 0 Å². The maximum absolute atomic E-state index is 13.6. The molecule has 0 bridgehead atoms. The van der Waals surface area contributed by atoms with E-state index in [4.69, 9.17) is 4.74 Å². The minimum Gasteiger partial charge on any atom is -0.481 e. The number of halogens is 2. The van der Waals surface area contributed by atoms with Gasteiger partial charge in [-0.1, -0.05) is 0 Å². The third kappa shape index (κ3) is 4.91. The number of hydrogen-bond donors (Lipinski definition) is 2. The van der Waals surface area contributed by atoms with Gasteiger partial charge in [-0.25, -0.2) is 13.8 Å². The first-order chi connectivity index (χ1) is 11.1. The zero-order valence-electron chi connectivity index (χ0n) is 12.9. The van der Waals surface area contributed by atoms with E-state index < -0.39 is 11.6 Å². The molecule has 0 unspecified atom stereocenters. The number of methoxy groups -OCH3 is 1. The molecule has 0 radical (unpaired) electrons. The van der Waals surface area contributed by atoms with Crippen LogP contribution in [-0.2, 0) is 13.1 Å². The molecule has 0 amide bonds. The predicted octanol–water partition coefficient (Wildman–Crippen LogP) is 2.23. The normalized spacial score (nSPS) is 11.2. The maximum Gasteiger partial charge on any atom is 0.213 e. The minimum atomic E-state index is -0.477. The number of nitrogens with zero attached hydrogens (tertiary/aromatic N) is 2. The van der Waals surface area contributed by atoms with Crippen LogP contribution >= 0.6 is 0 Å². The third-order valence-corrected chi connectivity index (χ3v) is 3.15. The van der Waals surface area contributed by atoms with Crippen molar-refractivity contribution in [3.63, 3.8) is 0 Å². The molecular weight excluding hydrogens is 302 g/mol. The fourth-order valence-electron chi connectivity index (χ4n) is 1.94. The predicted molar refractivity (Wildman–Crippen MR) is 84.2 cm³/mol. The van der Waals surface area contributed by atoms with Gasteiger partial charge in [0.2, 0.25) is 5.88 Å². The summed E-state index contributed by atoms with van der Waals surface area (Å²) < 4.78 is 31.8. The first kappa shape index (κ1) is 16.7. The Labute approximate surface area is 133 Å². The Bertz CT molecular complexity index is 692. The van der Waals surface area contributed by atoms with Gasteiger partial charge in [0.25, 0.3) is 0 Å². The van der Waals surface area contributed by atoms with Gasteiger partial charge in [0.1, 0.15) is 11.6 Å². The van der Waals surface area contributed by atoms with E-state index in [-0.39, 0.29) is 12.1 Å². The summed E-state index contributed by atoms with van der Waals surface area (Å²) in [7, 11) is 3.15. The Kier molecular flexibility index (Phi) is 5.85. The molecule has 0 fully saturated rings. The topological polar surface area (TPSA) is 58.5 Å². The number of nitrogens with one attached hydrogen (secondary N) is 2. The molecule has 5 nitrogen and oxygen atoms in total. The number of ether oxygens (including phenoxy) is 1. The van der Waals surface area contributed by atoms with Gasteiger partial charge in [-0.2, -0.15) is 0 Å². The Hall–Kier alpha value is -2.70. The van der Waals surface area contributed by atoms with Crippen molar-refractivity contribution < 1.29 is 13.5 Å². The lowest BCUT2D eigenvalue weighted by Crippen LogP contribution is -2.36. The second-order valence-corrected chi connectivity index (χ2v) is 4.72. The Balaban J connectivity index is 1.91. The van der Waals surface area contributed by atoms with Crippen molar-refractivity contribution in [1.29, 1.82) is 0 Å². The van der Waals surface area contributed by atoms with Gasteiger partial charge in [-0.15, -0.1) is 0 Å². The zero-order chi connectivity index (χ0) is 16.7. The van der Waals surface area contributed by atoms with Crippen LogP contribution in [0.1, 0.15) is 11.1 Å². The smallest absolute Gasteiger partial charge is 0.213 e. The largest absolute Gasteiger partial charge is 0.481 e. The van der Waals surface area contributed by atoms with Crippen molar-refractivity contribution in [2.75, 3.05) is 14.2 Å². The lowest BCUT2D eigenvalue weighted by atomic mass is 10.2. The first-order valence-corrected chi connectivity index (χ1v) is 6.99. The molecule has 0 atom stereocenters. The number of aliphatic imine (C=N–C) groups is 1. The fourth-order valence-corrected chi connectivity index (χ4v) is 1.94. The van der Waals surface area contributed by atoms with Crippen LogP contribution in [0, 0.1) is 11.6 Å². The number of rotatable bonds is 5. The van der Waals surface area contributed by atoms with Crippen molar-refractivity contribution >= 4 is 5.96 Å². The molecule has 0 saturated carbocycles. The molecule has 0 spiro atoms. The van der Waals surface area contributed by atoms with Crippen molar-refractivity contribution in [3.05, 3.63) is 59.3 Å². The Morgan fingerprint density at radius 1 is 1.17 bits per heavy atom. The molecule has 1 aromatic carbocycles. The third-order valence-electron chi connectivity index (χ3n) is 3.15. The average molecular weight is 320 g/mol. The summed E-state index contributed by atoms with van der Waals surface area (Å²) in [5.74, 6) is 0.0572. The molecule has 0 aliphatic carbocycles. The van der Waals surface area contributed by atoms with Gasteiger partial charge >= 0.3 is 0 Å². The monoisotopic (exact) mass is 320 g/mol. The molecule has 1 aromatic heterocycles. The summed E-state index contributed by atoms with van der Waals surface area (Å²) >= 11 is 0. The standard InChI is InChI=1S/C16H18F2N4O/c1-19-16(21-9-11-5-6-20-15(7-11)23-2)22-10-12-8-13(17)3-4-14(12)18/h3-8H,9-10H2,1-2H3,(H2,19,21,22). The highest BCUT2D eigenvalue weighted by Gasteiger charge is 2.05. The van der Waals surface area contributed by atoms with Crippen molar-refractivity contribution in [3.8, 4) is 5.88 Å². The highest BCUT2D eigenvalue weighted by atomic mass is 19.1. The molecule has 2 aromatic rings. The van der Waals surface area contributed by atoms with E-state index in [0.29, 0.717) is 18.4 Å². The Morgan fingerprint density at radius 2 is 1.96 bits per heavy atom. The highest BCUT2D eigenvalue weighted by molar-refractivity contribution is 5.79. The molecule has 0 aliphatic rings. The van der Waals surface area contributed by atoms with Crippen LogP contribution in [-0.4, -0.2) is 25.1 Å². The number of pyridine rings is 1. The summed E-state index contributed by atoms with van der Waals surface area (Å²) in [6.07, 6.45) is 1.65. The van der Waals surface area contributed by atoms with Crippen LogP contribution in [0.25, 0.3) is 0 Å². The molecule has 0 aliphatic heterocycles. The van der Waals surface area contributed by atoms with Gasteiger partial charge < -0.3 is 15.4 Å². The van der Waals surface area contributed by atoms with Crippen LogP contribution in [0.5, 0.6) is 5.88 Å². The van der Waals surface area contributed by atoms with Crippen molar-refractivity contribution in [2.45, 2.75) is 13.1 Å². The minimum absolute atomic E-state index is 0.128. The summed E-state index contributed by atoms with van der Waals surface area (Å²) in [4.78, 5) is 8.07.